The van der Waals surface area contributed by atoms with Crippen LogP contribution in [0.15, 0.2) is 34.6 Å². The first-order valence-corrected chi connectivity index (χ1v) is 10.8. The number of amides is 1. The molecular weight excluding hydrogens is 513 g/mol. The predicted molar refractivity (Wildman–Crippen MR) is 133 cm³/mol. The maximum Gasteiger partial charge on any atom is 0.253 e. The second-order valence-electron chi connectivity index (χ2n) is 7.08. The number of hydrogen-bond acceptors (Lipinski definition) is 5. The molecule has 1 amide bonds. The lowest BCUT2D eigenvalue weighted by Gasteiger charge is -2.21. The fourth-order valence-electron chi connectivity index (χ4n) is 3.19. The number of ether oxygens (including phenoxy) is 1. The van der Waals surface area contributed by atoms with E-state index in [4.69, 9.17) is 9.73 Å². The van der Waals surface area contributed by atoms with Crippen molar-refractivity contribution in [3.05, 3.63) is 45.9 Å². The number of nitrogens with one attached hydrogen (secondary N) is 2. The molecule has 0 radical (unpaired) electrons. The zero-order valence-electron chi connectivity index (χ0n) is 17.7. The molecule has 0 aliphatic carbocycles. The number of guanidine groups is 1. The van der Waals surface area contributed by atoms with Crippen molar-refractivity contribution in [2.75, 3.05) is 25.5 Å². The number of benzene rings is 1. The molecule has 1 aromatic heterocycles. The van der Waals surface area contributed by atoms with Gasteiger partial charge >= 0.3 is 0 Å². The van der Waals surface area contributed by atoms with Gasteiger partial charge in [-0.05, 0) is 44.4 Å². The first-order valence-electron chi connectivity index (χ1n) is 9.97. The summed E-state index contributed by atoms with van der Waals surface area (Å²) < 4.78 is 5.45. The Bertz CT molecular complexity index is 851. The maximum absolute atomic E-state index is 12.3. The summed E-state index contributed by atoms with van der Waals surface area (Å²) in [4.78, 5) is 23.6. The Morgan fingerprint density at radius 3 is 2.93 bits per heavy atom. The minimum absolute atomic E-state index is 0. The van der Waals surface area contributed by atoms with Crippen molar-refractivity contribution in [1.29, 1.82) is 0 Å². The van der Waals surface area contributed by atoms with E-state index in [0.29, 0.717) is 19.7 Å². The number of aromatic nitrogens is 1. The van der Waals surface area contributed by atoms with Gasteiger partial charge in [0.15, 0.2) is 5.96 Å². The van der Waals surface area contributed by atoms with E-state index in [2.05, 4.69) is 32.8 Å². The Morgan fingerprint density at radius 1 is 1.43 bits per heavy atom. The van der Waals surface area contributed by atoms with E-state index in [1.54, 1.807) is 11.3 Å². The lowest BCUT2D eigenvalue weighted by Crippen LogP contribution is -2.38. The zero-order valence-corrected chi connectivity index (χ0v) is 20.8. The number of halogens is 1. The molecule has 1 unspecified atom stereocenters. The highest BCUT2D eigenvalue weighted by molar-refractivity contribution is 14.0. The minimum Gasteiger partial charge on any atom is -0.368 e. The molecule has 1 aliphatic heterocycles. The second kappa shape index (κ2) is 12.2. The monoisotopic (exact) mass is 543 g/mol. The molecule has 164 valence electrons. The van der Waals surface area contributed by atoms with Gasteiger partial charge in [-0.15, -0.1) is 35.3 Å². The molecule has 1 aromatic carbocycles. The van der Waals surface area contributed by atoms with Gasteiger partial charge < -0.3 is 20.3 Å². The average Bonchev–Trinajstić information content (AvgIpc) is 3.37. The van der Waals surface area contributed by atoms with Gasteiger partial charge in [-0.25, -0.2) is 9.98 Å². The van der Waals surface area contributed by atoms with Crippen LogP contribution in [0.3, 0.4) is 0 Å². The Balaban J connectivity index is 0.00000320. The Hall–Kier alpha value is -1.72. The van der Waals surface area contributed by atoms with Crippen LogP contribution in [0, 0.1) is 6.92 Å². The topological polar surface area (TPSA) is 78.8 Å². The van der Waals surface area contributed by atoms with Crippen molar-refractivity contribution in [2.24, 2.45) is 4.99 Å². The minimum atomic E-state index is -0.333. The molecule has 0 saturated carbocycles. The summed E-state index contributed by atoms with van der Waals surface area (Å²) in [6.07, 6.45) is 1.39. The summed E-state index contributed by atoms with van der Waals surface area (Å²) in [7, 11) is 2.01. The van der Waals surface area contributed by atoms with E-state index in [1.807, 2.05) is 38.2 Å². The smallest absolute Gasteiger partial charge is 0.253 e. The largest absolute Gasteiger partial charge is 0.368 e. The first kappa shape index (κ1) is 24.5. The van der Waals surface area contributed by atoms with Gasteiger partial charge in [0.1, 0.15) is 6.10 Å². The fourth-order valence-corrected chi connectivity index (χ4v) is 3.79. The van der Waals surface area contributed by atoms with Crippen LogP contribution >= 0.6 is 35.3 Å². The average molecular weight is 543 g/mol. The van der Waals surface area contributed by atoms with E-state index < -0.39 is 0 Å². The third-order valence-corrected chi connectivity index (χ3v) is 5.41. The highest BCUT2D eigenvalue weighted by Crippen LogP contribution is 2.17. The lowest BCUT2D eigenvalue weighted by atomic mass is 10.2. The zero-order chi connectivity index (χ0) is 20.6. The van der Waals surface area contributed by atoms with Crippen molar-refractivity contribution < 1.29 is 9.53 Å². The molecule has 2 aromatic rings. The van der Waals surface area contributed by atoms with Crippen molar-refractivity contribution >= 4 is 52.9 Å². The summed E-state index contributed by atoms with van der Waals surface area (Å²) in [5, 5.41) is 9.42. The number of aliphatic imine (C=N–C) groups is 1. The van der Waals surface area contributed by atoms with Crippen molar-refractivity contribution in [3.8, 4) is 0 Å². The third-order valence-electron chi connectivity index (χ3n) is 4.59. The number of rotatable bonds is 7. The van der Waals surface area contributed by atoms with Gasteiger partial charge in [-0.3, -0.25) is 4.79 Å². The summed E-state index contributed by atoms with van der Waals surface area (Å²) in [5.41, 5.74) is 2.84. The lowest BCUT2D eigenvalue weighted by molar-refractivity contribution is -0.124. The number of carbonyl (C=O) groups is 1. The van der Waals surface area contributed by atoms with Gasteiger partial charge in [0.2, 0.25) is 0 Å². The maximum atomic E-state index is 12.3. The van der Waals surface area contributed by atoms with Crippen molar-refractivity contribution in [2.45, 2.75) is 45.9 Å². The molecular formula is C21H30IN5O2S. The van der Waals surface area contributed by atoms with Gasteiger partial charge in [0.05, 0.1) is 23.8 Å². The molecule has 1 saturated heterocycles. The van der Waals surface area contributed by atoms with E-state index in [0.717, 1.165) is 47.3 Å². The number of nitrogens with zero attached hydrogens (tertiary/aromatic N) is 3. The van der Waals surface area contributed by atoms with Crippen LogP contribution < -0.4 is 10.6 Å². The Morgan fingerprint density at radius 2 is 2.27 bits per heavy atom. The third kappa shape index (κ3) is 7.21. The highest BCUT2D eigenvalue weighted by atomic mass is 127. The number of anilines is 1. The molecule has 9 heteroatoms. The van der Waals surface area contributed by atoms with E-state index in [-0.39, 0.29) is 36.0 Å². The van der Waals surface area contributed by atoms with Crippen LogP contribution in [0.1, 0.15) is 36.0 Å². The summed E-state index contributed by atoms with van der Waals surface area (Å²) >= 11 is 1.66. The highest BCUT2D eigenvalue weighted by Gasteiger charge is 2.23. The van der Waals surface area contributed by atoms with Gasteiger partial charge in [-0.1, -0.05) is 12.1 Å². The number of thiazole rings is 1. The van der Waals surface area contributed by atoms with Gasteiger partial charge in [0.25, 0.3) is 5.91 Å². The number of hydrogen-bond donors (Lipinski definition) is 2. The first-order chi connectivity index (χ1) is 14.0. The van der Waals surface area contributed by atoms with Crippen LogP contribution in [0.5, 0.6) is 0 Å². The molecule has 1 fully saturated rings. The van der Waals surface area contributed by atoms with Crippen LogP contribution in [-0.2, 0) is 22.6 Å². The molecule has 0 spiro atoms. The number of carbonyl (C=O) groups excluding carboxylic acids is 1. The SMILES string of the molecule is CCNC(=NCc1cccc(NC(=O)C2CCCO2)c1)N(C)Cc1csc(C)n1.I. The van der Waals surface area contributed by atoms with E-state index in [1.165, 1.54) is 0 Å². The summed E-state index contributed by atoms with van der Waals surface area (Å²) in [5.74, 6) is 0.752. The van der Waals surface area contributed by atoms with Crippen LogP contribution in [-0.4, -0.2) is 48.1 Å². The quantitative estimate of drug-likeness (QED) is 0.316. The van der Waals surface area contributed by atoms with E-state index >= 15 is 0 Å². The predicted octanol–water partition coefficient (Wildman–Crippen LogP) is 3.78. The van der Waals surface area contributed by atoms with Gasteiger partial charge in [0, 0.05) is 31.3 Å². The van der Waals surface area contributed by atoms with Gasteiger partial charge in [-0.2, -0.15) is 0 Å². The molecule has 2 heterocycles. The Kier molecular flexibility index (Phi) is 9.99. The van der Waals surface area contributed by atoms with Crippen LogP contribution in [0.2, 0.25) is 0 Å². The standard InChI is InChI=1S/C21H29N5O2S.HI/c1-4-22-21(26(3)13-18-14-29-15(2)24-18)23-12-16-7-5-8-17(11-16)25-20(27)19-9-6-10-28-19;/h5,7-8,11,14,19H,4,6,9-10,12-13H2,1-3H3,(H,22,23)(H,25,27);1H. The molecule has 1 atom stereocenters. The van der Waals surface area contributed by atoms with Crippen molar-refractivity contribution in [3.63, 3.8) is 0 Å². The van der Waals surface area contributed by atoms with Crippen LogP contribution in [0.4, 0.5) is 5.69 Å². The molecule has 1 aliphatic rings. The van der Waals surface area contributed by atoms with E-state index in [9.17, 15) is 4.79 Å². The molecule has 2 N–H and O–H groups in total. The molecule has 30 heavy (non-hydrogen) atoms. The molecule has 3 rings (SSSR count). The van der Waals surface area contributed by atoms with Crippen LogP contribution in [0.25, 0.3) is 0 Å². The summed E-state index contributed by atoms with van der Waals surface area (Å²) in [6.45, 7) is 6.74. The molecule has 7 nitrogen and oxygen atoms in total. The van der Waals surface area contributed by atoms with Crippen molar-refractivity contribution in [1.82, 2.24) is 15.2 Å². The fraction of sp³-hybridized carbons (Fsp3) is 0.476. The number of aryl methyl sites for hydroxylation is 1. The molecule has 0 bridgehead atoms. The summed E-state index contributed by atoms with van der Waals surface area (Å²) in [6, 6.07) is 7.80. The Labute approximate surface area is 199 Å². The second-order valence-corrected chi connectivity index (χ2v) is 8.14. The normalized spacial score (nSPS) is 16.1.